The first-order valence-corrected chi connectivity index (χ1v) is 12.0. The maximum Gasteiger partial charge on any atom is 0.309 e. The Morgan fingerprint density at radius 3 is 2.44 bits per heavy atom. The van der Waals surface area contributed by atoms with Crippen LogP contribution in [-0.4, -0.2) is 43.5 Å². The van der Waals surface area contributed by atoms with E-state index in [1.807, 2.05) is 48.5 Å². The average molecular weight is 457 g/mol. The molecule has 0 bridgehead atoms. The van der Waals surface area contributed by atoms with Gasteiger partial charge in [0.25, 0.3) is 5.91 Å². The zero-order valence-electron chi connectivity index (χ0n) is 19.8. The van der Waals surface area contributed by atoms with E-state index in [-0.39, 0.29) is 11.9 Å². The summed E-state index contributed by atoms with van der Waals surface area (Å²) in [5, 5.41) is 3.04. The summed E-state index contributed by atoms with van der Waals surface area (Å²) in [5.74, 6) is -0.230. The molecule has 5 nitrogen and oxygen atoms in total. The van der Waals surface area contributed by atoms with E-state index in [2.05, 4.69) is 34.5 Å². The molecule has 34 heavy (non-hydrogen) atoms. The Balaban J connectivity index is 1.18. The summed E-state index contributed by atoms with van der Waals surface area (Å²) in [5.41, 5.74) is 6.63. The Morgan fingerprint density at radius 2 is 1.68 bits per heavy atom. The van der Waals surface area contributed by atoms with Gasteiger partial charge in [-0.3, -0.25) is 14.5 Å². The standard InChI is InChI=1S/C29H32N2O3/c1-34-28(32)20-22-9-10-25-15-18-31(21-27(25)19-22)17-6-5-16-30-29(33)26-13-11-24(12-14-26)23-7-3-2-4-8-23/h2-4,7-14,19H,5-6,15-18,20-21H2,1H3,(H,30,33). The molecule has 0 fully saturated rings. The van der Waals surface area contributed by atoms with Crippen molar-refractivity contribution >= 4 is 11.9 Å². The normalized spacial score (nSPS) is 13.2. The van der Waals surface area contributed by atoms with E-state index in [4.69, 9.17) is 4.74 Å². The van der Waals surface area contributed by atoms with Gasteiger partial charge in [0.15, 0.2) is 0 Å². The molecule has 1 N–H and O–H groups in total. The van der Waals surface area contributed by atoms with Crippen molar-refractivity contribution in [2.24, 2.45) is 0 Å². The van der Waals surface area contributed by atoms with Gasteiger partial charge in [0.1, 0.15) is 0 Å². The molecule has 0 aliphatic carbocycles. The van der Waals surface area contributed by atoms with Crippen LogP contribution in [0.5, 0.6) is 0 Å². The quantitative estimate of drug-likeness (QED) is 0.377. The number of carbonyl (C=O) groups is 2. The number of rotatable bonds is 9. The van der Waals surface area contributed by atoms with Crippen molar-refractivity contribution in [3.63, 3.8) is 0 Å². The number of methoxy groups -OCH3 is 1. The number of hydrogen-bond donors (Lipinski definition) is 1. The van der Waals surface area contributed by atoms with Crippen LogP contribution in [0.2, 0.25) is 0 Å². The smallest absolute Gasteiger partial charge is 0.309 e. The van der Waals surface area contributed by atoms with Gasteiger partial charge in [0.2, 0.25) is 0 Å². The molecule has 4 rings (SSSR count). The lowest BCUT2D eigenvalue weighted by Crippen LogP contribution is -2.32. The van der Waals surface area contributed by atoms with Gasteiger partial charge in [-0.15, -0.1) is 0 Å². The number of hydrogen-bond acceptors (Lipinski definition) is 4. The number of nitrogens with one attached hydrogen (secondary N) is 1. The van der Waals surface area contributed by atoms with Crippen molar-refractivity contribution < 1.29 is 14.3 Å². The van der Waals surface area contributed by atoms with Crippen molar-refractivity contribution in [1.82, 2.24) is 10.2 Å². The Hall–Kier alpha value is -3.44. The molecule has 1 aliphatic heterocycles. The highest BCUT2D eigenvalue weighted by Gasteiger charge is 2.17. The number of fused-ring (bicyclic) bond motifs is 1. The lowest BCUT2D eigenvalue weighted by molar-refractivity contribution is -0.139. The summed E-state index contributed by atoms with van der Waals surface area (Å²) in [6, 6.07) is 24.2. The van der Waals surface area contributed by atoms with Gasteiger partial charge in [-0.05, 0) is 65.8 Å². The largest absolute Gasteiger partial charge is 0.469 e. The van der Waals surface area contributed by atoms with Gasteiger partial charge >= 0.3 is 5.97 Å². The number of nitrogens with zero attached hydrogens (tertiary/aromatic N) is 1. The van der Waals surface area contributed by atoms with Gasteiger partial charge in [-0.1, -0.05) is 60.7 Å². The van der Waals surface area contributed by atoms with E-state index in [1.54, 1.807) is 0 Å². The van der Waals surface area contributed by atoms with Crippen LogP contribution in [0.25, 0.3) is 11.1 Å². The first-order chi connectivity index (χ1) is 16.6. The second kappa shape index (κ2) is 11.6. The second-order valence-corrected chi connectivity index (χ2v) is 8.79. The minimum absolute atomic E-state index is 0.0235. The van der Waals surface area contributed by atoms with Gasteiger partial charge in [0, 0.05) is 25.2 Å². The van der Waals surface area contributed by atoms with Crippen LogP contribution < -0.4 is 5.32 Å². The molecule has 0 saturated carbocycles. The predicted molar refractivity (Wildman–Crippen MR) is 135 cm³/mol. The molecule has 0 spiro atoms. The molecule has 1 heterocycles. The minimum Gasteiger partial charge on any atom is -0.469 e. The summed E-state index contributed by atoms with van der Waals surface area (Å²) in [7, 11) is 1.42. The summed E-state index contributed by atoms with van der Waals surface area (Å²) >= 11 is 0. The van der Waals surface area contributed by atoms with Crippen molar-refractivity contribution in [1.29, 1.82) is 0 Å². The number of ether oxygens (including phenoxy) is 1. The zero-order valence-corrected chi connectivity index (χ0v) is 19.8. The Morgan fingerprint density at radius 1 is 0.912 bits per heavy atom. The van der Waals surface area contributed by atoms with Crippen molar-refractivity contribution in [3.05, 3.63) is 95.1 Å². The molecule has 0 unspecified atom stereocenters. The number of carbonyl (C=O) groups excluding carboxylic acids is 2. The van der Waals surface area contributed by atoms with E-state index in [1.165, 1.54) is 18.2 Å². The highest BCUT2D eigenvalue weighted by atomic mass is 16.5. The highest BCUT2D eigenvalue weighted by molar-refractivity contribution is 5.94. The van der Waals surface area contributed by atoms with Gasteiger partial charge < -0.3 is 10.1 Å². The lowest BCUT2D eigenvalue weighted by Gasteiger charge is -2.29. The van der Waals surface area contributed by atoms with Gasteiger partial charge in [0.05, 0.1) is 13.5 Å². The molecule has 0 aromatic heterocycles. The Bertz CT molecular complexity index is 1110. The second-order valence-electron chi connectivity index (χ2n) is 8.79. The van der Waals surface area contributed by atoms with E-state index < -0.39 is 0 Å². The molecule has 176 valence electrons. The average Bonchev–Trinajstić information content (AvgIpc) is 2.88. The van der Waals surface area contributed by atoms with E-state index in [9.17, 15) is 9.59 Å². The fourth-order valence-electron chi connectivity index (χ4n) is 4.42. The third-order valence-corrected chi connectivity index (χ3v) is 6.38. The number of benzene rings is 3. The topological polar surface area (TPSA) is 58.6 Å². The predicted octanol–water partition coefficient (Wildman–Crippen LogP) is 4.64. The molecule has 1 amide bonds. The van der Waals surface area contributed by atoms with Crippen LogP contribution in [0.15, 0.2) is 72.8 Å². The third-order valence-electron chi connectivity index (χ3n) is 6.38. The van der Waals surface area contributed by atoms with Gasteiger partial charge in [-0.2, -0.15) is 0 Å². The van der Waals surface area contributed by atoms with Crippen LogP contribution in [0.3, 0.4) is 0 Å². The number of esters is 1. The minimum atomic E-state index is -0.207. The summed E-state index contributed by atoms with van der Waals surface area (Å²) in [6.07, 6.45) is 3.33. The van der Waals surface area contributed by atoms with Crippen molar-refractivity contribution in [3.8, 4) is 11.1 Å². The molecule has 0 saturated heterocycles. The van der Waals surface area contributed by atoms with E-state index in [0.29, 0.717) is 18.5 Å². The molecule has 1 aliphatic rings. The van der Waals surface area contributed by atoms with Crippen molar-refractivity contribution in [2.45, 2.75) is 32.2 Å². The number of amides is 1. The zero-order chi connectivity index (χ0) is 23.8. The summed E-state index contributed by atoms with van der Waals surface area (Å²) in [6.45, 7) is 3.63. The van der Waals surface area contributed by atoms with Crippen LogP contribution in [0.1, 0.15) is 39.9 Å². The Labute approximate surface area is 201 Å². The summed E-state index contributed by atoms with van der Waals surface area (Å²) in [4.78, 5) is 26.5. The van der Waals surface area contributed by atoms with Crippen LogP contribution in [-0.2, 0) is 28.9 Å². The van der Waals surface area contributed by atoms with Crippen LogP contribution >= 0.6 is 0 Å². The van der Waals surface area contributed by atoms with Gasteiger partial charge in [-0.25, -0.2) is 0 Å². The first-order valence-electron chi connectivity index (χ1n) is 12.0. The molecule has 0 radical (unpaired) electrons. The maximum absolute atomic E-state index is 12.5. The molecule has 5 heteroatoms. The fourth-order valence-corrected chi connectivity index (χ4v) is 4.42. The maximum atomic E-state index is 12.5. The third kappa shape index (κ3) is 6.33. The highest BCUT2D eigenvalue weighted by Crippen LogP contribution is 2.22. The van der Waals surface area contributed by atoms with Crippen LogP contribution in [0, 0.1) is 0 Å². The SMILES string of the molecule is COC(=O)Cc1ccc2c(c1)CN(CCCCNC(=O)c1ccc(-c3ccccc3)cc1)CC2. The first kappa shape index (κ1) is 23.7. The molecular formula is C29H32N2O3. The lowest BCUT2D eigenvalue weighted by atomic mass is 9.96. The van der Waals surface area contributed by atoms with Crippen molar-refractivity contribution in [2.75, 3.05) is 26.7 Å². The fraction of sp³-hybridized carbons (Fsp3) is 0.310. The molecule has 3 aromatic rings. The molecular weight excluding hydrogens is 424 g/mol. The molecule has 0 atom stereocenters. The summed E-state index contributed by atoms with van der Waals surface area (Å²) < 4.78 is 4.78. The van der Waals surface area contributed by atoms with Crippen LogP contribution in [0.4, 0.5) is 0 Å². The van der Waals surface area contributed by atoms with E-state index in [0.717, 1.165) is 55.6 Å². The Kier molecular flexibility index (Phi) is 8.10. The van der Waals surface area contributed by atoms with E-state index >= 15 is 0 Å². The molecule has 3 aromatic carbocycles. The number of unbranched alkanes of at least 4 members (excludes halogenated alkanes) is 1. The monoisotopic (exact) mass is 456 g/mol.